The van der Waals surface area contributed by atoms with E-state index in [9.17, 15) is 0 Å². The van der Waals surface area contributed by atoms with E-state index in [1.807, 2.05) is 0 Å². The minimum absolute atomic E-state index is 0.00460. The fourth-order valence-electron chi connectivity index (χ4n) is 0.105. The molecule has 3 N–H and O–H groups in total. The van der Waals surface area contributed by atoms with Gasteiger partial charge in [-0.25, -0.2) is 0 Å². The summed E-state index contributed by atoms with van der Waals surface area (Å²) in [5.74, 6) is 0. The molecule has 38 valence electrons. The van der Waals surface area contributed by atoms with Gasteiger partial charge in [-0.3, -0.25) is 5.50 Å². The summed E-state index contributed by atoms with van der Waals surface area (Å²) in [5.41, 5.74) is 4.91. The largest absolute Gasteiger partial charge is 0.394 e. The summed E-state index contributed by atoms with van der Waals surface area (Å²) >= 11 is 0. The Bertz CT molecular complexity index is 23.5. The zero-order valence-corrected chi connectivity index (χ0v) is 4.35. The fraction of sp³-hybridized carbons (Fsp3) is 1.00. The number of nitrogens with two attached hydrogens (primary N) is 1. The second kappa shape index (κ2) is 5.31. The van der Waals surface area contributed by atoms with E-state index in [2.05, 4.69) is 4.52 Å². The van der Waals surface area contributed by atoms with Gasteiger partial charge in [0.05, 0.1) is 22.2 Å². The topological polar surface area (TPSA) is 55.5 Å². The molecule has 0 aromatic carbocycles. The van der Waals surface area contributed by atoms with Crippen molar-refractivity contribution in [1.29, 1.82) is 0 Å². The lowest BCUT2D eigenvalue weighted by Gasteiger charge is -1.90. The summed E-state index contributed by atoms with van der Waals surface area (Å²) in [4.78, 5) is 0. The number of hydrogen-bond acceptors (Lipinski definition) is 3. The SMILES string of the molecule is NPOCCO. The van der Waals surface area contributed by atoms with Gasteiger partial charge in [0.1, 0.15) is 0 Å². The van der Waals surface area contributed by atoms with E-state index in [4.69, 9.17) is 10.6 Å². The highest BCUT2D eigenvalue weighted by atomic mass is 31.1. The van der Waals surface area contributed by atoms with E-state index >= 15 is 0 Å². The molecular formula is C2H8NO2P. The van der Waals surface area contributed by atoms with Crippen LogP contribution in [-0.2, 0) is 4.52 Å². The number of aliphatic hydroxyl groups is 1. The molecule has 0 aromatic heterocycles. The zero-order valence-electron chi connectivity index (χ0n) is 3.35. The van der Waals surface area contributed by atoms with Crippen LogP contribution in [0.3, 0.4) is 0 Å². The van der Waals surface area contributed by atoms with Crippen LogP contribution in [0.1, 0.15) is 0 Å². The molecule has 0 aromatic rings. The Morgan fingerprint density at radius 1 is 1.83 bits per heavy atom. The van der Waals surface area contributed by atoms with Crippen molar-refractivity contribution < 1.29 is 9.63 Å². The second-order valence-electron chi connectivity index (χ2n) is 0.690. The lowest BCUT2D eigenvalue weighted by Crippen LogP contribution is -1.92. The molecule has 0 bridgehead atoms. The van der Waals surface area contributed by atoms with Crippen molar-refractivity contribution in [2.24, 2.45) is 5.50 Å². The summed E-state index contributed by atoms with van der Waals surface area (Å²) in [5, 5.41) is 8.02. The molecule has 0 heterocycles. The standard InChI is InChI=1S/C2H8NO2P/c3-6-5-2-1-4/h4,6H,1-3H2. The van der Waals surface area contributed by atoms with E-state index < -0.39 is 0 Å². The van der Waals surface area contributed by atoms with Crippen LogP contribution in [0.15, 0.2) is 0 Å². The quantitative estimate of drug-likeness (QED) is 0.378. The van der Waals surface area contributed by atoms with E-state index in [0.29, 0.717) is 6.61 Å². The molecular weight excluding hydrogens is 101 g/mol. The maximum atomic E-state index is 8.02. The number of hydrogen-bond donors (Lipinski definition) is 2. The van der Waals surface area contributed by atoms with Gasteiger partial charge in [-0.05, 0) is 0 Å². The third-order valence-electron chi connectivity index (χ3n) is 0.277. The predicted octanol–water partition coefficient (Wildman–Crippen LogP) is -0.537. The highest BCUT2D eigenvalue weighted by Gasteiger charge is 1.74. The summed E-state index contributed by atoms with van der Waals surface area (Å²) < 4.78 is 4.54. The van der Waals surface area contributed by atoms with Crippen molar-refractivity contribution in [2.75, 3.05) is 13.2 Å². The van der Waals surface area contributed by atoms with Gasteiger partial charge in [-0.15, -0.1) is 0 Å². The van der Waals surface area contributed by atoms with Crippen LogP contribution in [-0.4, -0.2) is 18.3 Å². The minimum Gasteiger partial charge on any atom is -0.394 e. The first-order chi connectivity index (χ1) is 2.91. The molecule has 6 heavy (non-hydrogen) atoms. The van der Waals surface area contributed by atoms with Gasteiger partial charge in [-0.1, -0.05) is 0 Å². The Morgan fingerprint density at radius 3 is 2.67 bits per heavy atom. The van der Waals surface area contributed by atoms with Gasteiger partial charge in [0.15, 0.2) is 0 Å². The smallest absolute Gasteiger partial charge is 0.0834 e. The summed E-state index contributed by atoms with van der Waals surface area (Å²) in [6, 6.07) is 0. The molecule has 0 aliphatic heterocycles. The first-order valence-corrected chi connectivity index (χ1v) is 2.58. The first-order valence-electron chi connectivity index (χ1n) is 1.60. The van der Waals surface area contributed by atoms with Crippen molar-refractivity contribution >= 4 is 8.96 Å². The molecule has 4 heteroatoms. The third-order valence-corrected chi connectivity index (χ3v) is 0.647. The van der Waals surface area contributed by atoms with Gasteiger partial charge in [0, 0.05) is 0 Å². The van der Waals surface area contributed by atoms with E-state index in [1.165, 1.54) is 0 Å². The van der Waals surface area contributed by atoms with Crippen LogP contribution in [0.5, 0.6) is 0 Å². The van der Waals surface area contributed by atoms with Crippen molar-refractivity contribution in [1.82, 2.24) is 0 Å². The molecule has 0 rings (SSSR count). The molecule has 0 amide bonds. The van der Waals surface area contributed by atoms with Gasteiger partial charge in [0.2, 0.25) is 0 Å². The van der Waals surface area contributed by atoms with Crippen LogP contribution in [0, 0.1) is 0 Å². The van der Waals surface area contributed by atoms with Crippen molar-refractivity contribution in [3.63, 3.8) is 0 Å². The molecule has 0 saturated heterocycles. The molecule has 1 atom stereocenters. The molecule has 0 spiro atoms. The maximum Gasteiger partial charge on any atom is 0.0834 e. The van der Waals surface area contributed by atoms with Crippen LogP contribution in [0.2, 0.25) is 0 Å². The highest BCUT2D eigenvalue weighted by Crippen LogP contribution is 1.94. The zero-order chi connectivity index (χ0) is 4.83. The Kier molecular flexibility index (Phi) is 5.58. The first kappa shape index (κ1) is 6.31. The van der Waals surface area contributed by atoms with E-state index in [-0.39, 0.29) is 15.6 Å². The molecule has 0 aliphatic rings. The van der Waals surface area contributed by atoms with Crippen molar-refractivity contribution in [2.45, 2.75) is 0 Å². The second-order valence-corrected chi connectivity index (χ2v) is 1.21. The monoisotopic (exact) mass is 109 g/mol. The fourth-order valence-corrected chi connectivity index (χ4v) is 0.314. The molecule has 0 fully saturated rings. The van der Waals surface area contributed by atoms with Gasteiger partial charge in [0.25, 0.3) is 0 Å². The number of rotatable bonds is 3. The maximum absolute atomic E-state index is 8.02. The van der Waals surface area contributed by atoms with Crippen LogP contribution < -0.4 is 5.50 Å². The van der Waals surface area contributed by atoms with Crippen molar-refractivity contribution in [3.05, 3.63) is 0 Å². The third kappa shape index (κ3) is 4.31. The molecule has 0 saturated carbocycles. The molecule has 0 aliphatic carbocycles. The van der Waals surface area contributed by atoms with E-state index in [0.717, 1.165) is 0 Å². The minimum atomic E-state index is 0.00460. The Morgan fingerprint density at radius 2 is 2.50 bits per heavy atom. The van der Waals surface area contributed by atoms with E-state index in [1.54, 1.807) is 0 Å². The molecule has 3 nitrogen and oxygen atoms in total. The van der Waals surface area contributed by atoms with Crippen LogP contribution >= 0.6 is 8.96 Å². The normalized spacial score (nSPS) is 11.0. The lowest BCUT2D eigenvalue weighted by molar-refractivity contribution is 0.217. The average molecular weight is 109 g/mol. The summed E-state index contributed by atoms with van der Waals surface area (Å²) in [6.45, 7) is 0.416. The number of aliphatic hydroxyl groups excluding tert-OH is 1. The summed E-state index contributed by atoms with van der Waals surface area (Å²) in [6.07, 6.45) is 0. The van der Waals surface area contributed by atoms with Gasteiger partial charge >= 0.3 is 0 Å². The Labute approximate surface area is 38.4 Å². The van der Waals surface area contributed by atoms with Gasteiger partial charge in [-0.2, -0.15) is 0 Å². The van der Waals surface area contributed by atoms with Gasteiger partial charge < -0.3 is 9.63 Å². The van der Waals surface area contributed by atoms with Crippen molar-refractivity contribution in [3.8, 4) is 0 Å². The highest BCUT2D eigenvalue weighted by molar-refractivity contribution is 7.29. The van der Waals surface area contributed by atoms with Crippen LogP contribution in [0.4, 0.5) is 0 Å². The molecule has 0 radical (unpaired) electrons. The predicted molar refractivity (Wildman–Crippen MR) is 25.5 cm³/mol. The molecule has 1 unspecified atom stereocenters. The Balaban J connectivity index is 2.34. The van der Waals surface area contributed by atoms with Crippen LogP contribution in [0.25, 0.3) is 0 Å². The lowest BCUT2D eigenvalue weighted by atomic mass is 10.8. The average Bonchev–Trinajstić information content (AvgIpc) is 1.61. The summed E-state index contributed by atoms with van der Waals surface area (Å²) in [7, 11) is 0.00460. The Hall–Kier alpha value is 0.310.